The molecule has 4 heteroatoms. The Morgan fingerprint density at radius 2 is 1.85 bits per heavy atom. The summed E-state index contributed by atoms with van der Waals surface area (Å²) in [6, 6.07) is 0. The zero-order valence-corrected chi connectivity index (χ0v) is 8.28. The maximum Gasteiger partial charge on any atom is 0.330 e. The average Bonchev–Trinajstić information content (AvgIpc) is 2.14. The zero-order chi connectivity index (χ0) is 10.1. The van der Waals surface area contributed by atoms with Crippen LogP contribution in [0.1, 0.15) is 13.8 Å². The lowest BCUT2D eigenvalue weighted by Crippen LogP contribution is -2.14. The third kappa shape index (κ3) is 6.31. The van der Waals surface area contributed by atoms with Crippen molar-refractivity contribution in [3.8, 4) is 0 Å². The monoisotopic (exact) mass is 188 g/mol. The minimum absolute atomic E-state index is 0.413. The minimum atomic E-state index is -0.464. The molecule has 0 aliphatic heterocycles. The van der Waals surface area contributed by atoms with Crippen LogP contribution in [0.4, 0.5) is 0 Å². The molecule has 0 fully saturated rings. The van der Waals surface area contributed by atoms with E-state index in [1.54, 1.807) is 0 Å². The number of hydrogen-bond donors (Lipinski definition) is 0. The van der Waals surface area contributed by atoms with Gasteiger partial charge in [-0.25, -0.2) is 4.79 Å². The predicted molar refractivity (Wildman–Crippen MR) is 48.2 cm³/mol. The summed E-state index contributed by atoms with van der Waals surface area (Å²) >= 11 is 0. The van der Waals surface area contributed by atoms with E-state index < -0.39 is 12.3 Å². The molecule has 0 aliphatic rings. The van der Waals surface area contributed by atoms with Gasteiger partial charge >= 0.3 is 5.97 Å². The SMILES string of the molecule is CCOC(/C=C/C(=O)OC)OCC. The zero-order valence-electron chi connectivity index (χ0n) is 8.28. The molecule has 0 aromatic carbocycles. The van der Waals surface area contributed by atoms with E-state index >= 15 is 0 Å². The van der Waals surface area contributed by atoms with E-state index in [2.05, 4.69) is 4.74 Å². The highest BCUT2D eigenvalue weighted by Crippen LogP contribution is 1.97. The van der Waals surface area contributed by atoms with Crippen molar-refractivity contribution in [1.82, 2.24) is 0 Å². The van der Waals surface area contributed by atoms with Gasteiger partial charge in [-0.05, 0) is 19.9 Å². The fourth-order valence-corrected chi connectivity index (χ4v) is 0.713. The van der Waals surface area contributed by atoms with Gasteiger partial charge in [0, 0.05) is 19.3 Å². The first-order valence-corrected chi connectivity index (χ1v) is 4.23. The summed E-state index contributed by atoms with van der Waals surface area (Å²) in [6.45, 7) is 4.79. The Kier molecular flexibility index (Phi) is 7.24. The predicted octanol–water partition coefficient (Wildman–Crippen LogP) is 1.11. The Morgan fingerprint density at radius 3 is 2.23 bits per heavy atom. The summed E-state index contributed by atoms with van der Waals surface area (Å²) in [4.78, 5) is 10.7. The van der Waals surface area contributed by atoms with Crippen molar-refractivity contribution in [1.29, 1.82) is 0 Å². The lowest BCUT2D eigenvalue weighted by molar-refractivity contribution is -0.135. The highest BCUT2D eigenvalue weighted by molar-refractivity contribution is 5.81. The van der Waals surface area contributed by atoms with Crippen molar-refractivity contribution in [3.05, 3.63) is 12.2 Å². The highest BCUT2D eigenvalue weighted by Gasteiger charge is 2.02. The molecule has 0 heterocycles. The first kappa shape index (κ1) is 12.1. The van der Waals surface area contributed by atoms with Crippen LogP contribution in [-0.4, -0.2) is 32.6 Å². The van der Waals surface area contributed by atoms with E-state index in [9.17, 15) is 4.79 Å². The third-order valence-electron chi connectivity index (χ3n) is 1.25. The minimum Gasteiger partial charge on any atom is -0.466 e. The van der Waals surface area contributed by atoms with Gasteiger partial charge < -0.3 is 14.2 Å². The molecular weight excluding hydrogens is 172 g/mol. The van der Waals surface area contributed by atoms with Gasteiger partial charge in [-0.2, -0.15) is 0 Å². The quantitative estimate of drug-likeness (QED) is 0.356. The number of rotatable bonds is 6. The van der Waals surface area contributed by atoms with Crippen LogP contribution in [0.3, 0.4) is 0 Å². The molecule has 0 aromatic rings. The molecule has 0 rings (SSSR count). The molecule has 0 atom stereocenters. The van der Waals surface area contributed by atoms with E-state index in [0.29, 0.717) is 13.2 Å². The van der Waals surface area contributed by atoms with Crippen LogP contribution in [0.15, 0.2) is 12.2 Å². The van der Waals surface area contributed by atoms with Crippen molar-refractivity contribution in [3.63, 3.8) is 0 Å². The van der Waals surface area contributed by atoms with Crippen LogP contribution in [0.25, 0.3) is 0 Å². The van der Waals surface area contributed by atoms with E-state index in [1.165, 1.54) is 19.3 Å². The van der Waals surface area contributed by atoms with Gasteiger partial charge in [0.05, 0.1) is 7.11 Å². The number of ether oxygens (including phenoxy) is 3. The lowest BCUT2D eigenvalue weighted by atomic mass is 10.5. The molecule has 0 amide bonds. The van der Waals surface area contributed by atoms with Crippen molar-refractivity contribution >= 4 is 5.97 Å². The van der Waals surface area contributed by atoms with Crippen molar-refractivity contribution in [2.45, 2.75) is 20.1 Å². The van der Waals surface area contributed by atoms with Gasteiger partial charge in [-0.1, -0.05) is 0 Å². The highest BCUT2D eigenvalue weighted by atomic mass is 16.7. The fourth-order valence-electron chi connectivity index (χ4n) is 0.713. The standard InChI is InChI=1S/C9H16O4/c1-4-12-9(13-5-2)7-6-8(10)11-3/h6-7,9H,4-5H2,1-3H3/b7-6+. The van der Waals surface area contributed by atoms with Crippen LogP contribution >= 0.6 is 0 Å². The number of carbonyl (C=O) groups excluding carboxylic acids is 1. The molecule has 0 saturated heterocycles. The summed E-state index contributed by atoms with van der Waals surface area (Å²) in [6.07, 6.45) is 2.35. The molecule has 0 spiro atoms. The summed E-state index contributed by atoms with van der Waals surface area (Å²) in [7, 11) is 1.32. The second-order valence-corrected chi connectivity index (χ2v) is 2.16. The van der Waals surface area contributed by atoms with Crippen LogP contribution < -0.4 is 0 Å². The Morgan fingerprint density at radius 1 is 1.31 bits per heavy atom. The van der Waals surface area contributed by atoms with Gasteiger partial charge in [-0.15, -0.1) is 0 Å². The molecule has 0 bridgehead atoms. The van der Waals surface area contributed by atoms with Gasteiger partial charge in [-0.3, -0.25) is 0 Å². The van der Waals surface area contributed by atoms with Crippen molar-refractivity contribution < 1.29 is 19.0 Å². The van der Waals surface area contributed by atoms with Crippen molar-refractivity contribution in [2.75, 3.05) is 20.3 Å². The Labute approximate surface area is 78.5 Å². The largest absolute Gasteiger partial charge is 0.466 e. The van der Waals surface area contributed by atoms with E-state index in [1.807, 2.05) is 13.8 Å². The third-order valence-corrected chi connectivity index (χ3v) is 1.25. The second-order valence-electron chi connectivity index (χ2n) is 2.16. The maximum absolute atomic E-state index is 10.7. The van der Waals surface area contributed by atoms with Crippen LogP contribution in [0, 0.1) is 0 Å². The molecule has 0 aliphatic carbocycles. The molecule has 76 valence electrons. The molecule has 0 unspecified atom stereocenters. The van der Waals surface area contributed by atoms with Gasteiger partial charge in [0.25, 0.3) is 0 Å². The first-order valence-electron chi connectivity index (χ1n) is 4.23. The van der Waals surface area contributed by atoms with Gasteiger partial charge in [0.1, 0.15) is 0 Å². The molecule has 0 saturated carbocycles. The van der Waals surface area contributed by atoms with Crippen LogP contribution in [0.5, 0.6) is 0 Å². The average molecular weight is 188 g/mol. The number of hydrogen-bond acceptors (Lipinski definition) is 4. The maximum atomic E-state index is 10.7. The molecule has 0 aromatic heterocycles. The summed E-state index contributed by atoms with van der Waals surface area (Å²) < 4.78 is 14.7. The Balaban J connectivity index is 3.91. The molecular formula is C9H16O4. The Hall–Kier alpha value is -0.870. The molecule has 0 N–H and O–H groups in total. The first-order chi connectivity index (χ1) is 6.24. The molecule has 0 radical (unpaired) electrons. The van der Waals surface area contributed by atoms with Crippen molar-refractivity contribution in [2.24, 2.45) is 0 Å². The lowest BCUT2D eigenvalue weighted by Gasteiger charge is -2.11. The van der Waals surface area contributed by atoms with Crippen LogP contribution in [0.2, 0.25) is 0 Å². The molecule has 13 heavy (non-hydrogen) atoms. The topological polar surface area (TPSA) is 44.8 Å². The number of esters is 1. The smallest absolute Gasteiger partial charge is 0.330 e. The summed E-state index contributed by atoms with van der Waals surface area (Å²) in [5.74, 6) is -0.413. The number of methoxy groups -OCH3 is 1. The van der Waals surface area contributed by atoms with Gasteiger partial charge in [0.2, 0.25) is 0 Å². The normalized spacial score (nSPS) is 11.1. The summed E-state index contributed by atoms with van der Waals surface area (Å²) in [5, 5.41) is 0. The van der Waals surface area contributed by atoms with Crippen LogP contribution in [-0.2, 0) is 19.0 Å². The van der Waals surface area contributed by atoms with Gasteiger partial charge in [0.15, 0.2) is 6.29 Å². The number of carbonyl (C=O) groups is 1. The Bertz CT molecular complexity index is 159. The molecule has 4 nitrogen and oxygen atoms in total. The van der Waals surface area contributed by atoms with E-state index in [0.717, 1.165) is 0 Å². The van der Waals surface area contributed by atoms with E-state index in [-0.39, 0.29) is 0 Å². The second kappa shape index (κ2) is 7.76. The summed E-state index contributed by atoms with van der Waals surface area (Å²) in [5.41, 5.74) is 0. The van der Waals surface area contributed by atoms with E-state index in [4.69, 9.17) is 9.47 Å². The fraction of sp³-hybridized carbons (Fsp3) is 0.667.